The quantitative estimate of drug-likeness (QED) is 0.757. The third-order valence-electron chi connectivity index (χ3n) is 3.06. The van der Waals surface area contributed by atoms with Gasteiger partial charge in [0.2, 0.25) is 0 Å². The minimum Gasteiger partial charge on any atom is -0.458 e. The lowest BCUT2D eigenvalue weighted by Gasteiger charge is -2.14. The summed E-state index contributed by atoms with van der Waals surface area (Å²) in [7, 11) is 0. The third-order valence-corrected chi connectivity index (χ3v) is 3.06. The van der Waals surface area contributed by atoms with E-state index in [2.05, 4.69) is 24.3 Å². The van der Waals surface area contributed by atoms with Crippen molar-refractivity contribution in [2.45, 2.75) is 26.4 Å². The molecule has 2 aromatic rings. The van der Waals surface area contributed by atoms with Crippen LogP contribution in [0.15, 0.2) is 54.6 Å². The summed E-state index contributed by atoms with van der Waals surface area (Å²) < 4.78 is 5.34. The van der Waals surface area contributed by atoms with Crippen molar-refractivity contribution in [3.63, 3.8) is 0 Å². The van der Waals surface area contributed by atoms with Crippen molar-refractivity contribution in [3.05, 3.63) is 60.2 Å². The van der Waals surface area contributed by atoms with Crippen LogP contribution in [0.5, 0.6) is 0 Å². The lowest BCUT2D eigenvalue weighted by Crippen LogP contribution is -2.07. The summed E-state index contributed by atoms with van der Waals surface area (Å²) in [6, 6.07) is 18.3. The zero-order valence-corrected chi connectivity index (χ0v) is 11.3. The molecule has 0 N–H and O–H groups in total. The number of esters is 1. The van der Waals surface area contributed by atoms with Gasteiger partial charge in [-0.15, -0.1) is 0 Å². The molecule has 0 amide bonds. The lowest BCUT2D eigenvalue weighted by atomic mass is 10.0. The first-order valence-corrected chi connectivity index (χ1v) is 6.55. The summed E-state index contributed by atoms with van der Waals surface area (Å²) in [5.74, 6) is -0.169. The Morgan fingerprint density at radius 1 is 1.05 bits per heavy atom. The molecule has 2 rings (SSSR count). The summed E-state index contributed by atoms with van der Waals surface area (Å²) in [6.45, 7) is 3.70. The number of benzene rings is 2. The van der Waals surface area contributed by atoms with E-state index in [9.17, 15) is 4.79 Å². The average Bonchev–Trinajstić information content (AvgIpc) is 2.48. The Balaban J connectivity index is 2.22. The highest BCUT2D eigenvalue weighted by atomic mass is 16.5. The molecule has 0 spiro atoms. The fourth-order valence-corrected chi connectivity index (χ4v) is 1.95. The van der Waals surface area contributed by atoms with E-state index in [0.717, 1.165) is 11.1 Å². The molecule has 0 fully saturated rings. The van der Waals surface area contributed by atoms with Gasteiger partial charge in [-0.2, -0.15) is 0 Å². The Morgan fingerprint density at radius 3 is 2.42 bits per heavy atom. The van der Waals surface area contributed by atoms with Gasteiger partial charge in [0.1, 0.15) is 6.10 Å². The van der Waals surface area contributed by atoms with E-state index in [0.29, 0.717) is 6.42 Å². The van der Waals surface area contributed by atoms with Gasteiger partial charge >= 0.3 is 5.97 Å². The summed E-state index contributed by atoms with van der Waals surface area (Å²) in [5.41, 5.74) is 3.32. The van der Waals surface area contributed by atoms with Crippen LogP contribution < -0.4 is 0 Å². The molecule has 0 saturated heterocycles. The smallest absolute Gasteiger partial charge is 0.306 e. The number of carbonyl (C=O) groups is 1. The maximum absolute atomic E-state index is 11.3. The van der Waals surface area contributed by atoms with E-state index >= 15 is 0 Å². The van der Waals surface area contributed by atoms with Crippen LogP contribution in [0.2, 0.25) is 0 Å². The molecule has 2 aromatic carbocycles. The molecule has 2 nitrogen and oxygen atoms in total. The van der Waals surface area contributed by atoms with Crippen molar-refractivity contribution in [2.75, 3.05) is 0 Å². The summed E-state index contributed by atoms with van der Waals surface area (Å²) in [4.78, 5) is 11.3. The molecular formula is C17H18O2. The maximum atomic E-state index is 11.3. The largest absolute Gasteiger partial charge is 0.458 e. The summed E-state index contributed by atoms with van der Waals surface area (Å²) in [6.07, 6.45) is 0.194. The van der Waals surface area contributed by atoms with Crippen LogP contribution in [0.4, 0.5) is 0 Å². The van der Waals surface area contributed by atoms with Crippen LogP contribution in [-0.4, -0.2) is 5.97 Å². The molecule has 0 bridgehead atoms. The molecule has 0 aliphatic heterocycles. The minimum absolute atomic E-state index is 0.169. The minimum atomic E-state index is -0.212. The Morgan fingerprint density at radius 2 is 1.74 bits per heavy atom. The number of rotatable bonds is 4. The van der Waals surface area contributed by atoms with E-state index in [1.54, 1.807) is 6.92 Å². The molecule has 1 unspecified atom stereocenters. The van der Waals surface area contributed by atoms with Crippen LogP contribution >= 0.6 is 0 Å². The first kappa shape index (κ1) is 13.3. The van der Waals surface area contributed by atoms with Gasteiger partial charge < -0.3 is 4.74 Å². The molecule has 0 aliphatic rings. The highest BCUT2D eigenvalue weighted by Gasteiger charge is 2.10. The van der Waals surface area contributed by atoms with Crippen molar-refractivity contribution in [2.24, 2.45) is 0 Å². The van der Waals surface area contributed by atoms with Gasteiger partial charge in [0.25, 0.3) is 0 Å². The SMILES string of the molecule is CCC(=O)OC(C)c1cccc(-c2ccccc2)c1. The van der Waals surface area contributed by atoms with Crippen molar-refractivity contribution < 1.29 is 9.53 Å². The molecule has 0 aromatic heterocycles. The second-order valence-corrected chi connectivity index (χ2v) is 4.48. The van der Waals surface area contributed by atoms with Gasteiger partial charge in [0.15, 0.2) is 0 Å². The fraction of sp³-hybridized carbons (Fsp3) is 0.235. The third kappa shape index (κ3) is 3.44. The Hall–Kier alpha value is -2.09. The van der Waals surface area contributed by atoms with Gasteiger partial charge in [-0.3, -0.25) is 4.79 Å². The maximum Gasteiger partial charge on any atom is 0.306 e. The molecule has 0 aliphatic carbocycles. The van der Waals surface area contributed by atoms with E-state index in [1.807, 2.05) is 37.3 Å². The van der Waals surface area contributed by atoms with Crippen LogP contribution in [-0.2, 0) is 9.53 Å². The van der Waals surface area contributed by atoms with E-state index in [1.165, 1.54) is 5.56 Å². The molecule has 0 saturated carbocycles. The van der Waals surface area contributed by atoms with Crippen molar-refractivity contribution in [1.29, 1.82) is 0 Å². The second kappa shape index (κ2) is 6.19. The van der Waals surface area contributed by atoms with Crippen LogP contribution in [0.25, 0.3) is 11.1 Å². The Labute approximate surface area is 114 Å². The molecule has 2 heteroatoms. The Bertz CT molecular complexity index is 546. The highest BCUT2D eigenvalue weighted by molar-refractivity contribution is 5.69. The monoisotopic (exact) mass is 254 g/mol. The van der Waals surface area contributed by atoms with E-state index in [-0.39, 0.29) is 12.1 Å². The number of carbonyl (C=O) groups excluding carboxylic acids is 1. The predicted octanol–water partition coefficient (Wildman–Crippen LogP) is 4.37. The van der Waals surface area contributed by atoms with Gasteiger partial charge in [-0.25, -0.2) is 0 Å². The van der Waals surface area contributed by atoms with Crippen LogP contribution in [0.3, 0.4) is 0 Å². The predicted molar refractivity (Wildman–Crippen MR) is 76.7 cm³/mol. The van der Waals surface area contributed by atoms with Crippen LogP contribution in [0, 0.1) is 0 Å². The first-order chi connectivity index (χ1) is 9.20. The molecule has 0 heterocycles. The standard InChI is InChI=1S/C17H18O2/c1-3-17(18)19-13(2)15-10-7-11-16(12-15)14-8-5-4-6-9-14/h4-13H,3H2,1-2H3. The van der Waals surface area contributed by atoms with E-state index < -0.39 is 0 Å². The van der Waals surface area contributed by atoms with Crippen molar-refractivity contribution in [1.82, 2.24) is 0 Å². The summed E-state index contributed by atoms with van der Waals surface area (Å²) in [5, 5.41) is 0. The molecule has 1 atom stereocenters. The van der Waals surface area contributed by atoms with Crippen LogP contribution in [0.1, 0.15) is 31.9 Å². The number of hydrogen-bond donors (Lipinski definition) is 0. The molecule has 98 valence electrons. The van der Waals surface area contributed by atoms with Gasteiger partial charge in [0.05, 0.1) is 0 Å². The van der Waals surface area contributed by atoms with E-state index in [4.69, 9.17) is 4.74 Å². The average molecular weight is 254 g/mol. The van der Waals surface area contributed by atoms with Crippen molar-refractivity contribution >= 4 is 5.97 Å². The van der Waals surface area contributed by atoms with Gasteiger partial charge in [0, 0.05) is 6.42 Å². The topological polar surface area (TPSA) is 26.3 Å². The molecular weight excluding hydrogens is 236 g/mol. The zero-order chi connectivity index (χ0) is 13.7. The zero-order valence-electron chi connectivity index (χ0n) is 11.3. The normalized spacial score (nSPS) is 11.9. The number of ether oxygens (including phenoxy) is 1. The molecule has 19 heavy (non-hydrogen) atoms. The fourth-order valence-electron chi connectivity index (χ4n) is 1.95. The van der Waals surface area contributed by atoms with Crippen molar-refractivity contribution in [3.8, 4) is 11.1 Å². The first-order valence-electron chi connectivity index (χ1n) is 6.55. The van der Waals surface area contributed by atoms with Gasteiger partial charge in [-0.1, -0.05) is 55.5 Å². The highest BCUT2D eigenvalue weighted by Crippen LogP contribution is 2.24. The Kier molecular flexibility index (Phi) is 4.35. The summed E-state index contributed by atoms with van der Waals surface area (Å²) >= 11 is 0. The second-order valence-electron chi connectivity index (χ2n) is 4.48. The number of hydrogen-bond acceptors (Lipinski definition) is 2. The lowest BCUT2D eigenvalue weighted by molar-refractivity contribution is -0.148. The van der Waals surface area contributed by atoms with Gasteiger partial charge in [-0.05, 0) is 29.7 Å². The molecule has 0 radical (unpaired) electrons.